The van der Waals surface area contributed by atoms with Crippen LogP contribution in [0, 0.1) is 11.8 Å². The number of cyclic esters (lactones) is 2. The van der Waals surface area contributed by atoms with E-state index in [1.165, 1.54) is 14.2 Å². The second-order valence-electron chi connectivity index (χ2n) is 27.7. The maximum atomic E-state index is 11.6. The van der Waals surface area contributed by atoms with Gasteiger partial charge in [0, 0.05) is 84.1 Å². The molecule has 4 aliphatic rings. The van der Waals surface area contributed by atoms with Gasteiger partial charge < -0.3 is 88.3 Å². The largest absolute Gasteiger partial charge is 0.504 e. The van der Waals surface area contributed by atoms with Crippen LogP contribution in [0.2, 0.25) is 0 Å². The zero-order valence-corrected chi connectivity index (χ0v) is 64.4. The van der Waals surface area contributed by atoms with Crippen molar-refractivity contribution in [2.45, 2.75) is 71.1 Å². The van der Waals surface area contributed by atoms with Crippen molar-refractivity contribution in [1.82, 2.24) is 41.2 Å². The number of hydrogen-bond acceptors (Lipinski definition) is 22. The average Bonchev–Trinajstić information content (AvgIpc) is 1.00. The Morgan fingerprint density at radius 1 is 0.360 bits per heavy atom. The Balaban J connectivity index is 0.000000133. The van der Waals surface area contributed by atoms with E-state index in [1.54, 1.807) is 76.4 Å². The van der Waals surface area contributed by atoms with Crippen LogP contribution in [-0.2, 0) is 19.1 Å². The summed E-state index contributed by atoms with van der Waals surface area (Å²) in [6.45, 7) is 10.6. The van der Waals surface area contributed by atoms with Crippen LogP contribution >= 0.6 is 0 Å². The Morgan fingerprint density at radius 3 is 1.02 bits per heavy atom. The first kappa shape index (κ1) is 78.6. The van der Waals surface area contributed by atoms with Crippen molar-refractivity contribution in [2.24, 2.45) is 11.8 Å². The average molecular weight is 1550 g/mol. The Bertz CT molecular complexity index is 5490. The maximum Gasteiger partial charge on any atom is 0.407 e. The summed E-state index contributed by atoms with van der Waals surface area (Å²) >= 11 is 0. The van der Waals surface area contributed by atoms with E-state index in [4.69, 9.17) is 56.8 Å². The number of rotatable bonds is 23. The fourth-order valence-corrected chi connectivity index (χ4v) is 13.6. The summed E-state index contributed by atoms with van der Waals surface area (Å²) in [4.78, 5) is 63.4. The van der Waals surface area contributed by atoms with Crippen molar-refractivity contribution in [2.75, 3.05) is 74.9 Å². The molecule has 0 unspecified atom stereocenters. The van der Waals surface area contributed by atoms with E-state index >= 15 is 0 Å². The number of pyridine rings is 4. The Labute approximate surface area is 657 Å². The standard InChI is InChI=1S/C25H28N2O4.C22H22N2O4.C21H20N2O5.C20H18N2O5/c1-15(2)30-22-8-7-17(11-24(22)29-4)18-10-21-20(6-5-9-26-21)23(12-18)31-16(3)19-13-25(28)27-14-19;1-13(16-11-22(26)24-12-16)28-20-10-15(8-18-17(20)4-3-7-23-18)14-5-6-19(25)21(9-14)27-2;1-25-18-6-5-13(9-20(18)26-2)14-8-17-16(4-3-7-22-17)19(10-14)27-12-15-11-23-21(24)28-15;1-25-19-8-12(4-5-17(19)23)13-7-16-15(3-2-6-21-16)18(9-13)26-11-14-10-22-20(24)27-14/h5-12,15-16,19H,13-14H2,1-4H3,(H,27,28);3-10,13,16,25H,11-12H2,1-2H3,(H,24,26);3-10,15H,11-12H2,1-2H3,(H,23,24);2-9,14,23H,10-11H2,1H3,(H,22,24)/t16-,19-;13-,16-;15-;14-/m1111/s1. The number of carbonyl (C=O) groups is 4. The van der Waals surface area contributed by atoms with Crippen LogP contribution < -0.4 is 68.6 Å². The molecule has 8 aromatic carbocycles. The molecule has 4 aliphatic heterocycles. The number of alkyl carbamates (subject to hydrolysis) is 2. The monoisotopic (exact) mass is 1540 g/mol. The van der Waals surface area contributed by atoms with Crippen LogP contribution in [-0.4, -0.2) is 160 Å². The van der Waals surface area contributed by atoms with E-state index in [0.29, 0.717) is 85.0 Å². The minimum Gasteiger partial charge on any atom is -0.504 e. The summed E-state index contributed by atoms with van der Waals surface area (Å²) in [5.41, 5.74) is 10.6. The molecule has 0 radical (unpaired) electrons. The highest BCUT2D eigenvalue weighted by molar-refractivity contribution is 5.94. The van der Waals surface area contributed by atoms with Gasteiger partial charge in [0.05, 0.1) is 76.8 Å². The number of benzene rings is 8. The fourth-order valence-electron chi connectivity index (χ4n) is 13.6. The Hall–Kier alpha value is -13.5. The van der Waals surface area contributed by atoms with Crippen molar-refractivity contribution in [3.05, 3.63) is 195 Å². The summed E-state index contributed by atoms with van der Waals surface area (Å²) < 4.78 is 67.4. The third kappa shape index (κ3) is 18.9. The van der Waals surface area contributed by atoms with Crippen LogP contribution in [0.15, 0.2) is 195 Å². The van der Waals surface area contributed by atoms with E-state index in [1.807, 2.05) is 167 Å². The molecule has 114 heavy (non-hydrogen) atoms. The zero-order chi connectivity index (χ0) is 79.9. The summed E-state index contributed by atoms with van der Waals surface area (Å²) in [7, 11) is 7.88. The van der Waals surface area contributed by atoms with Gasteiger partial charge in [-0.25, -0.2) is 9.59 Å². The lowest BCUT2D eigenvalue weighted by Crippen LogP contribution is -2.25. The Kier molecular flexibility index (Phi) is 24.9. The number of hydrogen-bond donors (Lipinski definition) is 6. The second kappa shape index (κ2) is 36.1. The first-order valence-corrected chi connectivity index (χ1v) is 37.2. The van der Waals surface area contributed by atoms with Crippen LogP contribution in [0.3, 0.4) is 0 Å². The quantitative estimate of drug-likeness (QED) is 0.0346. The number of aromatic nitrogens is 4. The molecule has 26 nitrogen and oxygen atoms in total. The molecule has 8 heterocycles. The van der Waals surface area contributed by atoms with E-state index in [-0.39, 0.29) is 78.9 Å². The second-order valence-corrected chi connectivity index (χ2v) is 27.7. The molecule has 6 N–H and O–H groups in total. The normalized spacial score (nSPS) is 16.5. The van der Waals surface area contributed by atoms with E-state index < -0.39 is 12.2 Å². The smallest absolute Gasteiger partial charge is 0.407 e. The van der Waals surface area contributed by atoms with Gasteiger partial charge in [0.15, 0.2) is 58.2 Å². The Morgan fingerprint density at radius 2 is 0.684 bits per heavy atom. The molecule has 0 spiro atoms. The van der Waals surface area contributed by atoms with Crippen molar-refractivity contribution >= 4 is 67.6 Å². The molecule has 26 heteroatoms. The van der Waals surface area contributed by atoms with Crippen molar-refractivity contribution in [1.29, 1.82) is 0 Å². The first-order chi connectivity index (χ1) is 55.3. The summed E-state index contributed by atoms with van der Waals surface area (Å²) in [6, 6.07) is 53.2. The molecule has 4 saturated heterocycles. The SMILES string of the molecule is COc1cc(-c2cc(OC[C@H]3CNC(=O)O3)c3cccnc3c2)ccc1O.COc1cc(-c2cc(O[C@H](C)[C@H]3CNC(=O)C3)c3cccnc3c2)ccc1O.COc1cc(-c2cc(O[C@H](C)[C@H]3CNC(=O)C3)c3cccnc3c2)ccc1OC(C)C.COc1ccc(-c2cc(OC[C@H]3CNC(=O)O3)c3cccnc3c2)cc1OC. The highest BCUT2D eigenvalue weighted by Crippen LogP contribution is 2.42. The number of carbonyl (C=O) groups excluding carboxylic acids is 4. The van der Waals surface area contributed by atoms with Crippen molar-refractivity contribution < 1.29 is 86.2 Å². The van der Waals surface area contributed by atoms with Crippen LogP contribution in [0.4, 0.5) is 9.59 Å². The molecular weight excluding hydrogens is 1460 g/mol. The predicted octanol–water partition coefficient (Wildman–Crippen LogP) is 14.6. The molecule has 588 valence electrons. The molecule has 0 saturated carbocycles. The maximum absolute atomic E-state index is 11.6. The highest BCUT2D eigenvalue weighted by atomic mass is 16.6. The number of nitrogens with one attached hydrogen (secondary N) is 4. The summed E-state index contributed by atoms with van der Waals surface area (Å²) in [6.07, 6.45) is 6.30. The third-order valence-electron chi connectivity index (χ3n) is 19.7. The molecule has 0 aliphatic carbocycles. The molecule has 4 aromatic heterocycles. The van der Waals surface area contributed by atoms with Crippen molar-refractivity contribution in [3.63, 3.8) is 0 Å². The first-order valence-electron chi connectivity index (χ1n) is 37.2. The van der Waals surface area contributed by atoms with Gasteiger partial charge in [0.25, 0.3) is 0 Å². The molecule has 4 amide bonds. The number of phenols is 2. The molecular formula is C88H88N8O18. The number of phenolic OH excluding ortho intramolecular Hbond substituents is 2. The topological polar surface area (TPSA) is 319 Å². The third-order valence-corrected chi connectivity index (χ3v) is 19.7. The molecule has 16 rings (SSSR count). The molecule has 6 atom stereocenters. The van der Waals surface area contributed by atoms with Crippen LogP contribution in [0.1, 0.15) is 40.5 Å². The van der Waals surface area contributed by atoms with Gasteiger partial charge in [0.2, 0.25) is 11.8 Å². The van der Waals surface area contributed by atoms with Crippen molar-refractivity contribution in [3.8, 4) is 114 Å². The fraction of sp³-hybridized carbons (Fsp3) is 0.273. The minimum absolute atomic E-state index is 0.0584. The predicted molar refractivity (Wildman–Crippen MR) is 431 cm³/mol. The number of ether oxygens (including phenoxy) is 12. The van der Waals surface area contributed by atoms with Gasteiger partial charge in [-0.15, -0.1) is 0 Å². The van der Waals surface area contributed by atoms with Gasteiger partial charge in [-0.1, -0.05) is 24.3 Å². The molecule has 0 bridgehead atoms. The van der Waals surface area contributed by atoms with Gasteiger partial charge in [0.1, 0.15) is 48.4 Å². The van der Waals surface area contributed by atoms with Gasteiger partial charge in [-0.3, -0.25) is 29.5 Å². The number of amides is 4. The minimum atomic E-state index is -0.430. The zero-order valence-electron chi connectivity index (χ0n) is 64.4. The number of aromatic hydroxyl groups is 2. The van der Waals surface area contributed by atoms with E-state index in [0.717, 1.165) is 99.6 Å². The van der Waals surface area contributed by atoms with Gasteiger partial charge in [-0.2, -0.15) is 0 Å². The summed E-state index contributed by atoms with van der Waals surface area (Å²) in [5, 5.41) is 34.3. The lowest BCUT2D eigenvalue weighted by molar-refractivity contribution is -0.120. The highest BCUT2D eigenvalue weighted by Gasteiger charge is 2.31. The molecule has 4 fully saturated rings. The van der Waals surface area contributed by atoms with E-state index in [2.05, 4.69) is 41.2 Å². The summed E-state index contributed by atoms with van der Waals surface area (Å²) in [5.74, 6) is 6.90. The van der Waals surface area contributed by atoms with Crippen LogP contribution in [0.5, 0.6) is 69.0 Å². The number of nitrogens with zero attached hydrogens (tertiary/aromatic N) is 4. The number of methoxy groups -OCH3 is 5. The lowest BCUT2D eigenvalue weighted by Gasteiger charge is -2.21. The van der Waals surface area contributed by atoms with Gasteiger partial charge in [-0.05, 0) is 218 Å². The van der Waals surface area contributed by atoms with Crippen LogP contribution in [0.25, 0.3) is 88.1 Å². The van der Waals surface area contributed by atoms with Gasteiger partial charge >= 0.3 is 12.2 Å². The lowest BCUT2D eigenvalue weighted by atomic mass is 10.0. The number of fused-ring (bicyclic) bond motifs is 4. The molecule has 12 aromatic rings. The van der Waals surface area contributed by atoms with E-state index in [9.17, 15) is 29.4 Å².